The molecule has 1 unspecified atom stereocenters. The summed E-state index contributed by atoms with van der Waals surface area (Å²) in [6.07, 6.45) is 4.27. The van der Waals surface area contributed by atoms with Crippen molar-refractivity contribution in [3.8, 4) is 0 Å². The molecule has 1 aromatic rings. The third kappa shape index (κ3) is 4.00. The van der Waals surface area contributed by atoms with E-state index in [0.717, 1.165) is 38.1 Å². The normalized spacial score (nSPS) is 13.0. The number of nitrogens with zero attached hydrogens (tertiary/aromatic N) is 2. The van der Waals surface area contributed by atoms with Crippen molar-refractivity contribution in [3.05, 3.63) is 11.8 Å². The van der Waals surface area contributed by atoms with Gasteiger partial charge in [-0.2, -0.15) is 0 Å². The molecule has 0 spiro atoms. The standard InChI is InChI=1S/C11H21N3O/c1-4-6-7-10-13-14-11(15-10)9(3)12-8-5-2/h9,12H,4-8H2,1-3H3. The van der Waals surface area contributed by atoms with Gasteiger partial charge in [0.1, 0.15) is 0 Å². The lowest BCUT2D eigenvalue weighted by Crippen LogP contribution is -2.19. The van der Waals surface area contributed by atoms with Crippen LogP contribution in [0.5, 0.6) is 0 Å². The molecule has 0 amide bonds. The molecule has 1 heterocycles. The minimum atomic E-state index is 0.160. The van der Waals surface area contributed by atoms with Crippen LogP contribution in [-0.2, 0) is 6.42 Å². The van der Waals surface area contributed by atoms with E-state index in [2.05, 4.69) is 29.4 Å². The highest BCUT2D eigenvalue weighted by molar-refractivity contribution is 4.88. The molecular weight excluding hydrogens is 190 g/mol. The van der Waals surface area contributed by atoms with Crippen LogP contribution < -0.4 is 5.32 Å². The van der Waals surface area contributed by atoms with Crippen molar-refractivity contribution in [2.45, 2.75) is 52.5 Å². The summed E-state index contributed by atoms with van der Waals surface area (Å²) in [4.78, 5) is 0. The summed E-state index contributed by atoms with van der Waals surface area (Å²) in [6, 6.07) is 0.160. The molecule has 86 valence electrons. The predicted octanol–water partition coefficient (Wildman–Crippen LogP) is 2.47. The van der Waals surface area contributed by atoms with Gasteiger partial charge in [-0.15, -0.1) is 10.2 Å². The van der Waals surface area contributed by atoms with Crippen LogP contribution in [-0.4, -0.2) is 16.7 Å². The van der Waals surface area contributed by atoms with E-state index < -0.39 is 0 Å². The second-order valence-corrected chi connectivity index (χ2v) is 3.81. The van der Waals surface area contributed by atoms with E-state index in [0.29, 0.717) is 5.89 Å². The Morgan fingerprint density at radius 2 is 2.07 bits per heavy atom. The fraction of sp³-hybridized carbons (Fsp3) is 0.818. The highest BCUT2D eigenvalue weighted by atomic mass is 16.4. The summed E-state index contributed by atoms with van der Waals surface area (Å²) in [6.45, 7) is 7.32. The zero-order valence-corrected chi connectivity index (χ0v) is 9.92. The molecule has 0 aliphatic heterocycles. The molecular formula is C11H21N3O. The lowest BCUT2D eigenvalue weighted by Gasteiger charge is -2.07. The van der Waals surface area contributed by atoms with E-state index in [1.54, 1.807) is 0 Å². The highest BCUT2D eigenvalue weighted by Crippen LogP contribution is 2.11. The van der Waals surface area contributed by atoms with Crippen LogP contribution in [0.2, 0.25) is 0 Å². The molecule has 0 saturated heterocycles. The topological polar surface area (TPSA) is 51.0 Å². The number of hydrogen-bond donors (Lipinski definition) is 1. The molecule has 4 heteroatoms. The van der Waals surface area contributed by atoms with Gasteiger partial charge in [0.25, 0.3) is 0 Å². The van der Waals surface area contributed by atoms with E-state index in [-0.39, 0.29) is 6.04 Å². The maximum Gasteiger partial charge on any atom is 0.233 e. The fourth-order valence-electron chi connectivity index (χ4n) is 1.32. The number of aryl methyl sites for hydroxylation is 1. The monoisotopic (exact) mass is 211 g/mol. The van der Waals surface area contributed by atoms with Crippen molar-refractivity contribution in [1.82, 2.24) is 15.5 Å². The first kappa shape index (κ1) is 12.2. The lowest BCUT2D eigenvalue weighted by molar-refractivity contribution is 0.390. The van der Waals surface area contributed by atoms with Crippen LogP contribution in [0.15, 0.2) is 4.42 Å². The minimum absolute atomic E-state index is 0.160. The van der Waals surface area contributed by atoms with E-state index in [4.69, 9.17) is 4.42 Å². The molecule has 15 heavy (non-hydrogen) atoms. The van der Waals surface area contributed by atoms with Crippen LogP contribution in [0.25, 0.3) is 0 Å². The maximum atomic E-state index is 5.56. The van der Waals surface area contributed by atoms with Gasteiger partial charge < -0.3 is 9.73 Å². The van der Waals surface area contributed by atoms with Gasteiger partial charge in [0, 0.05) is 6.42 Å². The Morgan fingerprint density at radius 1 is 1.27 bits per heavy atom. The molecule has 0 aliphatic rings. The van der Waals surface area contributed by atoms with Crippen molar-refractivity contribution in [2.24, 2.45) is 0 Å². The first-order valence-corrected chi connectivity index (χ1v) is 5.83. The molecule has 1 atom stereocenters. The Morgan fingerprint density at radius 3 is 2.73 bits per heavy atom. The molecule has 0 aromatic carbocycles. The summed E-state index contributed by atoms with van der Waals surface area (Å²) in [7, 11) is 0. The van der Waals surface area contributed by atoms with Gasteiger partial charge in [0.15, 0.2) is 0 Å². The maximum absolute atomic E-state index is 5.56. The summed E-state index contributed by atoms with van der Waals surface area (Å²) >= 11 is 0. The number of rotatable bonds is 7. The Kier molecular flexibility index (Phi) is 5.32. The first-order chi connectivity index (χ1) is 7.27. The average molecular weight is 211 g/mol. The first-order valence-electron chi connectivity index (χ1n) is 5.83. The third-order valence-corrected chi connectivity index (χ3v) is 2.30. The van der Waals surface area contributed by atoms with Crippen LogP contribution in [0.3, 0.4) is 0 Å². The smallest absolute Gasteiger partial charge is 0.233 e. The largest absolute Gasteiger partial charge is 0.424 e. The number of hydrogen-bond acceptors (Lipinski definition) is 4. The van der Waals surface area contributed by atoms with Crippen LogP contribution in [0.4, 0.5) is 0 Å². The van der Waals surface area contributed by atoms with Gasteiger partial charge in [0.05, 0.1) is 6.04 Å². The van der Waals surface area contributed by atoms with Crippen LogP contribution >= 0.6 is 0 Å². The van der Waals surface area contributed by atoms with E-state index in [1.807, 2.05) is 6.92 Å². The van der Waals surface area contributed by atoms with Gasteiger partial charge in [-0.05, 0) is 26.3 Å². The highest BCUT2D eigenvalue weighted by Gasteiger charge is 2.12. The quantitative estimate of drug-likeness (QED) is 0.752. The molecule has 0 saturated carbocycles. The number of unbranched alkanes of at least 4 members (excludes halogenated alkanes) is 1. The predicted molar refractivity (Wildman–Crippen MR) is 59.6 cm³/mol. The van der Waals surface area contributed by atoms with Gasteiger partial charge in [0.2, 0.25) is 11.8 Å². The summed E-state index contributed by atoms with van der Waals surface area (Å²) < 4.78 is 5.56. The third-order valence-electron chi connectivity index (χ3n) is 2.30. The minimum Gasteiger partial charge on any atom is -0.424 e. The summed E-state index contributed by atoms with van der Waals surface area (Å²) in [5.74, 6) is 1.46. The number of nitrogens with one attached hydrogen (secondary N) is 1. The molecule has 1 rings (SSSR count). The van der Waals surface area contributed by atoms with Gasteiger partial charge in [-0.1, -0.05) is 20.3 Å². The molecule has 4 nitrogen and oxygen atoms in total. The molecule has 1 N–H and O–H groups in total. The van der Waals surface area contributed by atoms with Crippen molar-refractivity contribution < 1.29 is 4.42 Å². The summed E-state index contributed by atoms with van der Waals surface area (Å²) in [5.41, 5.74) is 0. The van der Waals surface area contributed by atoms with E-state index >= 15 is 0 Å². The zero-order valence-electron chi connectivity index (χ0n) is 9.92. The Labute approximate surface area is 91.5 Å². The average Bonchev–Trinajstić information content (AvgIpc) is 2.71. The second-order valence-electron chi connectivity index (χ2n) is 3.81. The van der Waals surface area contributed by atoms with Crippen molar-refractivity contribution in [1.29, 1.82) is 0 Å². The Balaban J connectivity index is 2.43. The van der Waals surface area contributed by atoms with E-state index in [1.165, 1.54) is 0 Å². The zero-order chi connectivity index (χ0) is 11.1. The summed E-state index contributed by atoms with van der Waals surface area (Å²) in [5, 5.41) is 11.4. The molecule has 0 aliphatic carbocycles. The van der Waals surface area contributed by atoms with Gasteiger partial charge in [-0.25, -0.2) is 0 Å². The molecule has 0 radical (unpaired) electrons. The van der Waals surface area contributed by atoms with Crippen molar-refractivity contribution >= 4 is 0 Å². The van der Waals surface area contributed by atoms with E-state index in [9.17, 15) is 0 Å². The van der Waals surface area contributed by atoms with Crippen LogP contribution in [0.1, 0.15) is 57.9 Å². The second kappa shape index (κ2) is 6.56. The van der Waals surface area contributed by atoms with Crippen LogP contribution in [0, 0.1) is 0 Å². The van der Waals surface area contributed by atoms with Crippen molar-refractivity contribution in [2.75, 3.05) is 6.54 Å². The Hall–Kier alpha value is -0.900. The number of aromatic nitrogens is 2. The molecule has 1 aromatic heterocycles. The van der Waals surface area contributed by atoms with Gasteiger partial charge in [-0.3, -0.25) is 0 Å². The van der Waals surface area contributed by atoms with Gasteiger partial charge >= 0.3 is 0 Å². The molecule has 0 bridgehead atoms. The van der Waals surface area contributed by atoms with Crippen molar-refractivity contribution in [3.63, 3.8) is 0 Å². The SMILES string of the molecule is CCCCc1nnc(C(C)NCCC)o1. The lowest BCUT2D eigenvalue weighted by atomic mass is 10.2. The fourth-order valence-corrected chi connectivity index (χ4v) is 1.32. The Bertz CT molecular complexity index is 273. The molecule has 0 fully saturated rings.